The molecule has 3 aliphatic heterocycles. The van der Waals surface area contributed by atoms with E-state index < -0.39 is 23.3 Å². The van der Waals surface area contributed by atoms with Crippen molar-refractivity contribution >= 4 is 17.8 Å². The van der Waals surface area contributed by atoms with Crippen molar-refractivity contribution in [2.24, 2.45) is 11.3 Å². The number of barbiturate groups is 1. The molecule has 4 amide bonds. The van der Waals surface area contributed by atoms with Crippen molar-refractivity contribution in [2.45, 2.75) is 31.8 Å². The molecule has 1 aromatic heterocycles. The van der Waals surface area contributed by atoms with Crippen LogP contribution in [0.1, 0.15) is 29.2 Å². The highest BCUT2D eigenvalue weighted by atomic mass is 16.5. The topological polar surface area (TPSA) is 110 Å². The van der Waals surface area contributed by atoms with E-state index in [0.29, 0.717) is 36.7 Å². The normalized spacial score (nSPS) is 23.8. The van der Waals surface area contributed by atoms with Crippen molar-refractivity contribution in [1.29, 1.82) is 0 Å². The second-order valence-corrected chi connectivity index (χ2v) is 11.5. The number of rotatable bonds is 8. The van der Waals surface area contributed by atoms with E-state index in [0.717, 1.165) is 22.6 Å². The lowest BCUT2D eigenvalue weighted by Gasteiger charge is -2.47. The van der Waals surface area contributed by atoms with Gasteiger partial charge in [0.05, 0.1) is 20.8 Å². The summed E-state index contributed by atoms with van der Waals surface area (Å²) in [7, 11) is 3.09. The summed E-state index contributed by atoms with van der Waals surface area (Å²) in [4.78, 5) is 57.3. The number of imide groups is 2. The van der Waals surface area contributed by atoms with Gasteiger partial charge >= 0.3 is 6.03 Å². The molecule has 2 bridgehead atoms. The monoisotopic (exact) mass is 570 g/mol. The van der Waals surface area contributed by atoms with E-state index in [1.165, 1.54) is 7.11 Å². The van der Waals surface area contributed by atoms with Crippen molar-refractivity contribution in [3.8, 4) is 11.5 Å². The summed E-state index contributed by atoms with van der Waals surface area (Å²) in [6, 6.07) is 19.2. The van der Waals surface area contributed by atoms with Crippen LogP contribution in [0.5, 0.6) is 11.5 Å². The van der Waals surface area contributed by atoms with Gasteiger partial charge in [-0.1, -0.05) is 42.5 Å². The predicted molar refractivity (Wildman–Crippen MR) is 154 cm³/mol. The second kappa shape index (κ2) is 11.1. The molecule has 218 valence electrons. The van der Waals surface area contributed by atoms with Gasteiger partial charge < -0.3 is 18.9 Å². The number of piperidine rings is 1. The highest BCUT2D eigenvalue weighted by Crippen LogP contribution is 2.40. The largest absolute Gasteiger partial charge is 0.497 e. The summed E-state index contributed by atoms with van der Waals surface area (Å²) in [5.74, 6) is 0.222. The van der Waals surface area contributed by atoms with Gasteiger partial charge in [-0.05, 0) is 35.6 Å². The number of fused-ring (bicyclic) bond motifs is 4. The molecule has 0 aliphatic carbocycles. The maximum absolute atomic E-state index is 14.5. The van der Waals surface area contributed by atoms with Crippen LogP contribution >= 0.6 is 0 Å². The average Bonchev–Trinajstić information content (AvgIpc) is 2.99. The number of amides is 4. The zero-order valence-corrected chi connectivity index (χ0v) is 23.7. The molecule has 6 rings (SSSR count). The number of urea groups is 1. The standard InChI is InChI=1S/C32H34N4O6/c1-41-25-12-11-23(27(14-25)42-2)15-32(29(38)33-31(40)36(30(32)39)17-21-7-4-3-5-8-21)20-34-16-22-13-24(19-34)26-9-6-10-28(37)35(26)18-22/h3-12,14,22,24H,13,15-20H2,1-2H3,(H,33,38,40)/t22-,24+,32-/m1/s1. The van der Waals surface area contributed by atoms with E-state index in [4.69, 9.17) is 9.47 Å². The maximum atomic E-state index is 14.5. The van der Waals surface area contributed by atoms with Gasteiger partial charge in [0, 0.05) is 56.3 Å². The Bertz CT molecular complexity index is 1590. The molecule has 4 heterocycles. The Morgan fingerprint density at radius 3 is 2.48 bits per heavy atom. The molecule has 10 heteroatoms. The van der Waals surface area contributed by atoms with Crippen LogP contribution in [0.25, 0.3) is 0 Å². The number of carbonyl (C=O) groups is 3. The Morgan fingerprint density at radius 1 is 0.905 bits per heavy atom. The lowest BCUT2D eigenvalue weighted by molar-refractivity contribution is -0.154. The molecule has 42 heavy (non-hydrogen) atoms. The quantitative estimate of drug-likeness (QED) is 0.415. The summed E-state index contributed by atoms with van der Waals surface area (Å²) in [6.45, 7) is 1.98. The summed E-state index contributed by atoms with van der Waals surface area (Å²) < 4.78 is 12.8. The minimum atomic E-state index is -1.59. The van der Waals surface area contributed by atoms with Crippen LogP contribution in [0.2, 0.25) is 0 Å². The molecule has 3 aromatic rings. The van der Waals surface area contributed by atoms with Gasteiger partial charge in [-0.25, -0.2) is 4.79 Å². The zero-order chi connectivity index (χ0) is 29.4. The van der Waals surface area contributed by atoms with Crippen molar-refractivity contribution in [3.63, 3.8) is 0 Å². The Balaban J connectivity index is 1.38. The number of aromatic nitrogens is 1. The molecule has 2 saturated heterocycles. The number of nitrogens with one attached hydrogen (secondary N) is 1. The van der Waals surface area contributed by atoms with Crippen LogP contribution in [0.4, 0.5) is 4.79 Å². The summed E-state index contributed by atoms with van der Waals surface area (Å²) in [6.07, 6.45) is 0.975. The molecule has 2 fully saturated rings. The van der Waals surface area contributed by atoms with Gasteiger partial charge in [0.25, 0.3) is 5.56 Å². The van der Waals surface area contributed by atoms with Crippen LogP contribution in [0.3, 0.4) is 0 Å². The number of likely N-dealkylation sites (tertiary alicyclic amines) is 1. The van der Waals surface area contributed by atoms with Crippen molar-refractivity contribution in [1.82, 2.24) is 19.7 Å². The molecule has 0 saturated carbocycles. The fourth-order valence-corrected chi connectivity index (χ4v) is 6.82. The molecule has 10 nitrogen and oxygen atoms in total. The van der Waals surface area contributed by atoms with E-state index in [1.807, 2.05) is 41.0 Å². The van der Waals surface area contributed by atoms with Crippen LogP contribution in [-0.2, 0) is 29.1 Å². The number of pyridine rings is 1. The summed E-state index contributed by atoms with van der Waals surface area (Å²) in [5, 5.41) is 2.50. The SMILES string of the molecule is COc1ccc(C[C@@]2(CN3C[C@H]4C[C@@H](C3)c3cccc(=O)n3C4)C(=O)NC(=O)N(Cc3ccccc3)C2=O)c(OC)c1. The van der Waals surface area contributed by atoms with Crippen LogP contribution in [-0.4, -0.2) is 66.1 Å². The molecular formula is C32H34N4O6. The Morgan fingerprint density at radius 2 is 1.71 bits per heavy atom. The number of benzene rings is 2. The van der Waals surface area contributed by atoms with E-state index >= 15 is 0 Å². The van der Waals surface area contributed by atoms with Crippen molar-refractivity contribution in [2.75, 3.05) is 33.9 Å². The summed E-state index contributed by atoms with van der Waals surface area (Å²) >= 11 is 0. The molecule has 3 atom stereocenters. The maximum Gasteiger partial charge on any atom is 0.331 e. The van der Waals surface area contributed by atoms with E-state index in [-0.39, 0.29) is 36.9 Å². The summed E-state index contributed by atoms with van der Waals surface area (Å²) in [5.41, 5.74) is 0.822. The van der Waals surface area contributed by atoms with Crippen LogP contribution in [0.15, 0.2) is 71.5 Å². The van der Waals surface area contributed by atoms with Crippen molar-refractivity contribution in [3.05, 3.63) is 93.9 Å². The fraction of sp³-hybridized carbons (Fsp3) is 0.375. The smallest absolute Gasteiger partial charge is 0.331 e. The molecule has 1 N–H and O–H groups in total. The van der Waals surface area contributed by atoms with E-state index in [1.54, 1.807) is 37.4 Å². The Kier molecular flexibility index (Phi) is 7.32. The first-order valence-electron chi connectivity index (χ1n) is 14.2. The first kappa shape index (κ1) is 27.7. The minimum Gasteiger partial charge on any atom is -0.497 e. The first-order valence-corrected chi connectivity index (χ1v) is 14.2. The minimum absolute atomic E-state index is 0.00405. The fourth-order valence-electron chi connectivity index (χ4n) is 6.82. The molecule has 2 aromatic carbocycles. The predicted octanol–water partition coefficient (Wildman–Crippen LogP) is 2.79. The average molecular weight is 571 g/mol. The zero-order valence-electron chi connectivity index (χ0n) is 23.7. The van der Waals surface area contributed by atoms with Gasteiger partial charge in [0.2, 0.25) is 11.8 Å². The lowest BCUT2D eigenvalue weighted by Crippen LogP contribution is -2.67. The second-order valence-electron chi connectivity index (χ2n) is 11.5. The molecule has 0 unspecified atom stereocenters. The highest BCUT2D eigenvalue weighted by molar-refractivity contribution is 6.19. The molecular weight excluding hydrogens is 536 g/mol. The molecule has 3 aliphatic rings. The number of methoxy groups -OCH3 is 2. The number of carbonyl (C=O) groups excluding carboxylic acids is 3. The number of hydrogen-bond acceptors (Lipinski definition) is 7. The van der Waals surface area contributed by atoms with Crippen molar-refractivity contribution < 1.29 is 23.9 Å². The Hall–Kier alpha value is -4.44. The Labute approximate surface area is 243 Å². The molecule has 0 radical (unpaired) electrons. The highest BCUT2D eigenvalue weighted by Gasteiger charge is 2.55. The first-order chi connectivity index (χ1) is 20.3. The van der Waals surface area contributed by atoms with Gasteiger partial charge in [-0.2, -0.15) is 0 Å². The third-order valence-electron chi connectivity index (χ3n) is 8.77. The van der Waals surface area contributed by atoms with Crippen LogP contribution < -0.4 is 20.3 Å². The van der Waals surface area contributed by atoms with E-state index in [2.05, 4.69) is 10.2 Å². The van der Waals surface area contributed by atoms with Gasteiger partial charge in [0.1, 0.15) is 16.9 Å². The van der Waals surface area contributed by atoms with Gasteiger partial charge in [-0.3, -0.25) is 24.6 Å². The number of nitrogens with zero attached hydrogens (tertiary/aromatic N) is 3. The lowest BCUT2D eigenvalue weighted by atomic mass is 9.75. The third-order valence-corrected chi connectivity index (χ3v) is 8.77. The molecule has 0 spiro atoms. The third kappa shape index (κ3) is 4.96. The van der Waals surface area contributed by atoms with Crippen LogP contribution in [0, 0.1) is 11.3 Å². The van der Waals surface area contributed by atoms with Gasteiger partial charge in [-0.15, -0.1) is 0 Å². The van der Waals surface area contributed by atoms with E-state index in [9.17, 15) is 19.2 Å². The van der Waals surface area contributed by atoms with Gasteiger partial charge in [0.15, 0.2) is 0 Å². The number of ether oxygens (including phenoxy) is 2. The number of hydrogen-bond donors (Lipinski definition) is 1.